The first-order valence-electron chi connectivity index (χ1n) is 10.8. The Morgan fingerprint density at radius 3 is 2.07 bits per heavy atom. The number of aliphatic carboxylic acids is 1. The van der Waals surface area contributed by atoms with Crippen molar-refractivity contribution in [2.45, 2.75) is 84.0 Å². The first kappa shape index (κ1) is 24.7. The molecule has 0 fully saturated rings. The van der Waals surface area contributed by atoms with Crippen LogP contribution in [0.5, 0.6) is 5.75 Å². The molecule has 0 bridgehead atoms. The maximum Gasteiger partial charge on any atom is 0.348 e. The van der Waals surface area contributed by atoms with Crippen molar-refractivity contribution < 1.29 is 24.5 Å². The van der Waals surface area contributed by atoms with Crippen LogP contribution in [0.1, 0.15) is 94.3 Å². The predicted octanol–water partition coefficient (Wildman–Crippen LogP) is 5.73. The number of unbranched alkanes of at least 4 members (excludes halogenated alkanes) is 9. The number of ether oxygens (including phenoxy) is 1. The van der Waals surface area contributed by atoms with E-state index < -0.39 is 11.9 Å². The SMILES string of the molecule is CCCCCCCCCCCCN=C(CCC(=O)O)OC(=O)c1ccccc1O. The third-order valence-corrected chi connectivity index (χ3v) is 4.69. The molecule has 0 saturated heterocycles. The van der Waals surface area contributed by atoms with Gasteiger partial charge in [0.1, 0.15) is 11.3 Å². The molecule has 162 valence electrons. The van der Waals surface area contributed by atoms with Gasteiger partial charge in [-0.05, 0) is 18.6 Å². The molecule has 6 heteroatoms. The number of hydrogen-bond acceptors (Lipinski definition) is 5. The van der Waals surface area contributed by atoms with Crippen LogP contribution in [0.25, 0.3) is 0 Å². The number of carboxylic acids is 1. The van der Waals surface area contributed by atoms with Gasteiger partial charge in [0.25, 0.3) is 0 Å². The summed E-state index contributed by atoms with van der Waals surface area (Å²) in [6.07, 6.45) is 12.0. The van der Waals surface area contributed by atoms with Crippen LogP contribution in [0, 0.1) is 0 Å². The van der Waals surface area contributed by atoms with Crippen LogP contribution in [-0.2, 0) is 9.53 Å². The number of hydrogen-bond donors (Lipinski definition) is 2. The molecule has 0 aliphatic rings. The molecule has 0 radical (unpaired) electrons. The maximum absolute atomic E-state index is 12.2. The summed E-state index contributed by atoms with van der Waals surface area (Å²) in [7, 11) is 0. The van der Waals surface area contributed by atoms with Crippen molar-refractivity contribution in [3.05, 3.63) is 29.8 Å². The normalized spacial score (nSPS) is 11.4. The quantitative estimate of drug-likeness (QED) is 0.168. The fourth-order valence-electron chi connectivity index (χ4n) is 2.99. The van der Waals surface area contributed by atoms with Crippen molar-refractivity contribution in [3.63, 3.8) is 0 Å². The van der Waals surface area contributed by atoms with Gasteiger partial charge < -0.3 is 14.9 Å². The number of carbonyl (C=O) groups is 2. The lowest BCUT2D eigenvalue weighted by Crippen LogP contribution is -2.15. The smallest absolute Gasteiger partial charge is 0.348 e. The van der Waals surface area contributed by atoms with E-state index in [0.717, 1.165) is 19.3 Å². The van der Waals surface area contributed by atoms with E-state index in [0.29, 0.717) is 6.54 Å². The molecule has 0 aromatic heterocycles. The summed E-state index contributed by atoms with van der Waals surface area (Å²) in [6, 6.07) is 6.08. The van der Waals surface area contributed by atoms with Gasteiger partial charge in [-0.3, -0.25) is 9.79 Å². The van der Waals surface area contributed by atoms with Crippen molar-refractivity contribution in [3.8, 4) is 5.75 Å². The standard InChI is InChI=1S/C23H35NO5/c1-2-3-4-5-6-7-8-9-10-13-18-24-21(16-17-22(26)27)29-23(28)19-14-11-12-15-20(19)25/h11-12,14-15,25H,2-10,13,16-18H2,1H3,(H,26,27). The molecular formula is C23H35NO5. The van der Waals surface area contributed by atoms with Gasteiger partial charge in [0, 0.05) is 13.0 Å². The average molecular weight is 406 g/mol. The highest BCUT2D eigenvalue weighted by Crippen LogP contribution is 2.17. The number of carboxylic acid groups (broad SMARTS) is 1. The van der Waals surface area contributed by atoms with Crippen molar-refractivity contribution in [1.82, 2.24) is 0 Å². The Hall–Kier alpha value is -2.37. The molecule has 0 saturated carbocycles. The molecule has 0 aliphatic heterocycles. The Balaban J connectivity index is 2.35. The van der Waals surface area contributed by atoms with E-state index >= 15 is 0 Å². The molecule has 0 aliphatic carbocycles. The highest BCUT2D eigenvalue weighted by molar-refractivity contribution is 6.00. The second kappa shape index (κ2) is 15.5. The summed E-state index contributed by atoms with van der Waals surface area (Å²) in [6.45, 7) is 2.72. The van der Waals surface area contributed by atoms with Crippen LogP contribution in [0.2, 0.25) is 0 Å². The number of esters is 1. The van der Waals surface area contributed by atoms with Gasteiger partial charge in [-0.2, -0.15) is 0 Å². The van der Waals surface area contributed by atoms with Crippen molar-refractivity contribution in [1.29, 1.82) is 0 Å². The van der Waals surface area contributed by atoms with E-state index in [1.54, 1.807) is 12.1 Å². The van der Waals surface area contributed by atoms with Crippen LogP contribution in [0.3, 0.4) is 0 Å². The lowest BCUT2D eigenvalue weighted by Gasteiger charge is -2.08. The second-order valence-electron chi connectivity index (χ2n) is 7.26. The van der Waals surface area contributed by atoms with E-state index in [2.05, 4.69) is 11.9 Å². The summed E-state index contributed by atoms with van der Waals surface area (Å²) in [4.78, 5) is 27.3. The zero-order chi connectivity index (χ0) is 21.3. The predicted molar refractivity (Wildman–Crippen MR) is 115 cm³/mol. The minimum absolute atomic E-state index is 0.0365. The molecule has 0 amide bonds. The molecule has 0 heterocycles. The first-order valence-corrected chi connectivity index (χ1v) is 10.8. The molecule has 29 heavy (non-hydrogen) atoms. The highest BCUT2D eigenvalue weighted by atomic mass is 16.5. The van der Waals surface area contributed by atoms with Crippen molar-refractivity contribution >= 4 is 17.8 Å². The molecular weight excluding hydrogens is 370 g/mol. The fraction of sp³-hybridized carbons (Fsp3) is 0.609. The van der Waals surface area contributed by atoms with Gasteiger partial charge in [0.05, 0.1) is 6.42 Å². The Bertz CT molecular complexity index is 642. The lowest BCUT2D eigenvalue weighted by molar-refractivity contribution is -0.136. The van der Waals surface area contributed by atoms with Crippen LogP contribution in [-0.4, -0.2) is 34.6 Å². The van der Waals surface area contributed by atoms with Gasteiger partial charge >= 0.3 is 11.9 Å². The Labute approximate surface area is 174 Å². The summed E-state index contributed by atoms with van der Waals surface area (Å²) in [5, 5.41) is 18.6. The van der Waals surface area contributed by atoms with Crippen LogP contribution in [0.15, 0.2) is 29.3 Å². The van der Waals surface area contributed by atoms with Crippen LogP contribution >= 0.6 is 0 Å². The van der Waals surface area contributed by atoms with E-state index in [-0.39, 0.29) is 30.1 Å². The average Bonchev–Trinajstić information content (AvgIpc) is 2.70. The number of para-hydroxylation sites is 1. The number of benzene rings is 1. The van der Waals surface area contributed by atoms with Gasteiger partial charge in [-0.25, -0.2) is 4.79 Å². The zero-order valence-electron chi connectivity index (χ0n) is 17.6. The topological polar surface area (TPSA) is 96.2 Å². The molecule has 2 N–H and O–H groups in total. The Kier molecular flexibility index (Phi) is 13.2. The van der Waals surface area contributed by atoms with Gasteiger partial charge in [0.15, 0.2) is 5.90 Å². The fourth-order valence-corrected chi connectivity index (χ4v) is 2.99. The van der Waals surface area contributed by atoms with Gasteiger partial charge in [0.2, 0.25) is 0 Å². The number of aliphatic imine (C=N–C) groups is 1. The third kappa shape index (κ3) is 11.9. The first-order chi connectivity index (χ1) is 14.0. The lowest BCUT2D eigenvalue weighted by atomic mass is 10.1. The molecule has 1 aromatic carbocycles. The monoisotopic (exact) mass is 405 g/mol. The Morgan fingerprint density at radius 1 is 0.897 bits per heavy atom. The molecule has 0 spiro atoms. The second-order valence-corrected chi connectivity index (χ2v) is 7.26. The summed E-state index contributed by atoms with van der Waals surface area (Å²) < 4.78 is 5.25. The van der Waals surface area contributed by atoms with E-state index in [4.69, 9.17) is 9.84 Å². The van der Waals surface area contributed by atoms with Gasteiger partial charge in [-0.1, -0.05) is 76.8 Å². The van der Waals surface area contributed by atoms with Crippen LogP contribution < -0.4 is 0 Å². The third-order valence-electron chi connectivity index (χ3n) is 4.69. The Morgan fingerprint density at radius 2 is 1.48 bits per heavy atom. The number of aromatic hydroxyl groups is 1. The maximum atomic E-state index is 12.2. The van der Waals surface area contributed by atoms with E-state index in [1.165, 1.54) is 57.1 Å². The largest absolute Gasteiger partial charge is 0.507 e. The van der Waals surface area contributed by atoms with E-state index in [1.807, 2.05) is 0 Å². The minimum Gasteiger partial charge on any atom is -0.507 e. The summed E-state index contributed by atoms with van der Waals surface area (Å²) in [5.41, 5.74) is 0.0365. The minimum atomic E-state index is -0.977. The highest BCUT2D eigenvalue weighted by Gasteiger charge is 2.16. The van der Waals surface area contributed by atoms with Crippen molar-refractivity contribution in [2.75, 3.05) is 6.54 Å². The summed E-state index contributed by atoms with van der Waals surface area (Å²) in [5.74, 6) is -1.77. The van der Waals surface area contributed by atoms with E-state index in [9.17, 15) is 14.7 Å². The molecule has 0 atom stereocenters. The number of nitrogens with zero attached hydrogens (tertiary/aromatic N) is 1. The number of rotatable bonds is 15. The zero-order valence-corrected chi connectivity index (χ0v) is 17.6. The summed E-state index contributed by atoms with van der Waals surface area (Å²) >= 11 is 0. The number of carbonyl (C=O) groups excluding carboxylic acids is 1. The molecule has 0 unspecified atom stereocenters. The number of phenols is 1. The number of phenolic OH excluding ortho intramolecular Hbond substituents is 1. The molecule has 1 aromatic rings. The van der Waals surface area contributed by atoms with Crippen molar-refractivity contribution in [2.24, 2.45) is 4.99 Å². The molecule has 6 nitrogen and oxygen atoms in total. The van der Waals surface area contributed by atoms with Crippen LogP contribution in [0.4, 0.5) is 0 Å². The molecule has 1 rings (SSSR count). The van der Waals surface area contributed by atoms with Gasteiger partial charge in [-0.15, -0.1) is 0 Å².